The van der Waals surface area contributed by atoms with Crippen molar-refractivity contribution < 1.29 is 22.3 Å². The Bertz CT molecular complexity index is 1070. The van der Waals surface area contributed by atoms with Gasteiger partial charge in [-0.15, -0.1) is 0 Å². The molecule has 0 aliphatic carbocycles. The number of fused-ring (bicyclic) bond motifs is 1. The number of anilines is 1. The van der Waals surface area contributed by atoms with Crippen molar-refractivity contribution in [3.8, 4) is 5.75 Å². The van der Waals surface area contributed by atoms with Gasteiger partial charge in [-0.25, -0.2) is 12.8 Å². The van der Waals surface area contributed by atoms with Gasteiger partial charge in [-0.1, -0.05) is 36.0 Å². The maximum absolute atomic E-state index is 14.1. The first-order valence-electron chi connectivity index (χ1n) is 9.04. The molecule has 0 radical (unpaired) electrons. The predicted octanol–water partition coefficient (Wildman–Crippen LogP) is 2.81. The number of rotatable bonds is 4. The minimum atomic E-state index is -3.18. The van der Waals surface area contributed by atoms with Crippen LogP contribution in [0.15, 0.2) is 53.5 Å². The third kappa shape index (κ3) is 4.30. The predicted molar refractivity (Wildman–Crippen MR) is 112 cm³/mol. The maximum Gasteiger partial charge on any atom is 0.285 e. The van der Waals surface area contributed by atoms with Gasteiger partial charge in [0, 0.05) is 10.9 Å². The summed E-state index contributed by atoms with van der Waals surface area (Å²) in [6.07, 6.45) is 0. The number of amides is 1. The number of hydrogen-bond donors (Lipinski definition) is 0. The molecule has 0 bridgehead atoms. The van der Waals surface area contributed by atoms with Gasteiger partial charge >= 0.3 is 0 Å². The summed E-state index contributed by atoms with van der Waals surface area (Å²) in [6.45, 7) is 1.41. The molecule has 0 unspecified atom stereocenters. The fraction of sp³-hybridized carbons (Fsp3) is 0.300. The topological polar surface area (TPSA) is 76.0 Å². The lowest BCUT2D eigenvalue weighted by Crippen LogP contribution is -2.38. The zero-order valence-corrected chi connectivity index (χ0v) is 17.2. The molecule has 4 rings (SSSR count). The number of carbonyl (C=O) groups is 1. The number of carbonyl (C=O) groups excluding carboxylic acids is 1. The summed E-state index contributed by atoms with van der Waals surface area (Å²) in [5.74, 6) is -0.360. The summed E-state index contributed by atoms with van der Waals surface area (Å²) < 4.78 is 43.8. The highest BCUT2D eigenvalue weighted by Gasteiger charge is 2.49. The van der Waals surface area contributed by atoms with Crippen molar-refractivity contribution in [1.29, 1.82) is 0 Å². The van der Waals surface area contributed by atoms with E-state index < -0.39 is 21.6 Å². The smallest absolute Gasteiger partial charge is 0.285 e. The van der Waals surface area contributed by atoms with Crippen molar-refractivity contribution in [2.24, 2.45) is 4.99 Å². The molecule has 2 saturated heterocycles. The van der Waals surface area contributed by atoms with Gasteiger partial charge in [0.1, 0.15) is 11.6 Å². The minimum absolute atomic E-state index is 0.0148. The minimum Gasteiger partial charge on any atom is -0.484 e. The number of amidine groups is 1. The molecule has 2 aromatic carbocycles. The van der Waals surface area contributed by atoms with Crippen LogP contribution in [0.25, 0.3) is 0 Å². The number of halogens is 1. The molecule has 0 saturated carbocycles. The van der Waals surface area contributed by atoms with Crippen molar-refractivity contribution in [2.45, 2.75) is 18.2 Å². The van der Waals surface area contributed by atoms with Gasteiger partial charge < -0.3 is 9.64 Å². The van der Waals surface area contributed by atoms with E-state index in [9.17, 15) is 17.6 Å². The van der Waals surface area contributed by atoms with Gasteiger partial charge in [-0.2, -0.15) is 4.99 Å². The van der Waals surface area contributed by atoms with E-state index in [1.165, 1.54) is 17.8 Å². The standard InChI is InChI=1S/C20H19FN2O4S2/c1-13-7-8-14(9-16(13)21)23-17-11-29(25,26)12-18(17)28-20(23)22-19(24)10-27-15-5-3-2-4-6-15/h2-9,17-18H,10-12H2,1H3/t17-,18-/m0/s1. The molecule has 2 heterocycles. The van der Waals surface area contributed by atoms with E-state index in [0.29, 0.717) is 22.2 Å². The zero-order valence-electron chi connectivity index (χ0n) is 15.6. The van der Waals surface area contributed by atoms with Gasteiger partial charge in [-0.3, -0.25) is 4.79 Å². The molecule has 152 valence electrons. The Morgan fingerprint density at radius 1 is 1.24 bits per heavy atom. The van der Waals surface area contributed by atoms with E-state index in [-0.39, 0.29) is 29.4 Å². The highest BCUT2D eigenvalue weighted by atomic mass is 32.2. The number of nitrogens with zero attached hydrogens (tertiary/aromatic N) is 2. The van der Waals surface area contributed by atoms with Gasteiger partial charge in [0.2, 0.25) is 0 Å². The Balaban J connectivity index is 1.59. The quantitative estimate of drug-likeness (QED) is 0.737. The van der Waals surface area contributed by atoms with Crippen LogP contribution in [0.4, 0.5) is 10.1 Å². The molecule has 1 amide bonds. The zero-order chi connectivity index (χ0) is 20.6. The van der Waals surface area contributed by atoms with E-state index in [2.05, 4.69) is 4.99 Å². The fourth-order valence-electron chi connectivity index (χ4n) is 3.40. The second-order valence-electron chi connectivity index (χ2n) is 6.99. The Labute approximate surface area is 172 Å². The van der Waals surface area contributed by atoms with Crippen LogP contribution in [-0.4, -0.2) is 48.9 Å². The van der Waals surface area contributed by atoms with Crippen LogP contribution in [0.5, 0.6) is 5.75 Å². The lowest BCUT2D eigenvalue weighted by Gasteiger charge is -2.24. The Morgan fingerprint density at radius 2 is 2.00 bits per heavy atom. The summed E-state index contributed by atoms with van der Waals surface area (Å²) in [6, 6.07) is 13.2. The number of aryl methyl sites for hydroxylation is 1. The SMILES string of the molecule is Cc1ccc(N2C(=NC(=O)COc3ccccc3)S[C@H]3CS(=O)(=O)C[C@@H]32)cc1F. The fourth-order valence-corrected chi connectivity index (χ4v) is 7.33. The molecule has 29 heavy (non-hydrogen) atoms. The third-order valence-corrected chi connectivity index (χ3v) is 8.04. The Morgan fingerprint density at radius 3 is 2.72 bits per heavy atom. The second-order valence-corrected chi connectivity index (χ2v) is 10.4. The van der Waals surface area contributed by atoms with Gasteiger partial charge in [-0.05, 0) is 36.8 Å². The van der Waals surface area contributed by atoms with Crippen LogP contribution >= 0.6 is 11.8 Å². The number of thioether (sulfide) groups is 1. The molecule has 0 N–H and O–H groups in total. The van der Waals surface area contributed by atoms with Crippen molar-refractivity contribution >= 4 is 38.4 Å². The number of sulfone groups is 1. The summed E-state index contributed by atoms with van der Waals surface area (Å²) in [5, 5.41) is 0.130. The Hall–Kier alpha value is -2.39. The number of para-hydroxylation sites is 1. The van der Waals surface area contributed by atoms with Crippen molar-refractivity contribution in [3.05, 3.63) is 59.9 Å². The van der Waals surface area contributed by atoms with E-state index in [4.69, 9.17) is 4.74 Å². The van der Waals surface area contributed by atoms with Gasteiger partial charge in [0.05, 0.1) is 17.5 Å². The molecule has 9 heteroatoms. The molecular formula is C20H19FN2O4S2. The molecule has 2 aliphatic rings. The molecule has 2 aliphatic heterocycles. The molecule has 2 fully saturated rings. The highest BCUT2D eigenvalue weighted by Crippen LogP contribution is 2.41. The maximum atomic E-state index is 14.1. The van der Waals surface area contributed by atoms with Crippen molar-refractivity contribution in [1.82, 2.24) is 0 Å². The summed E-state index contributed by atoms with van der Waals surface area (Å²) in [5.41, 5.74) is 0.975. The highest BCUT2D eigenvalue weighted by molar-refractivity contribution is 8.16. The van der Waals surface area contributed by atoms with Crippen LogP contribution in [0.1, 0.15) is 5.56 Å². The average Bonchev–Trinajstić information content (AvgIpc) is 3.14. The van der Waals surface area contributed by atoms with E-state index in [0.717, 1.165) is 0 Å². The van der Waals surface area contributed by atoms with Gasteiger partial charge in [0.25, 0.3) is 5.91 Å². The summed E-state index contributed by atoms with van der Waals surface area (Å²) in [7, 11) is -3.18. The lowest BCUT2D eigenvalue weighted by atomic mass is 10.1. The van der Waals surface area contributed by atoms with Crippen LogP contribution in [0.3, 0.4) is 0 Å². The molecule has 6 nitrogen and oxygen atoms in total. The number of aliphatic imine (C=N–C) groups is 1. The number of ether oxygens (including phenoxy) is 1. The first kappa shape index (κ1) is 19.9. The first-order chi connectivity index (χ1) is 13.8. The Kier molecular flexibility index (Phi) is 5.35. The third-order valence-electron chi connectivity index (χ3n) is 4.83. The first-order valence-corrected chi connectivity index (χ1v) is 11.7. The summed E-state index contributed by atoms with van der Waals surface area (Å²) in [4.78, 5) is 18.2. The van der Waals surface area contributed by atoms with Crippen LogP contribution < -0.4 is 9.64 Å². The van der Waals surface area contributed by atoms with E-state index in [1.54, 1.807) is 48.2 Å². The number of hydrogen-bond acceptors (Lipinski definition) is 5. The van der Waals surface area contributed by atoms with Crippen molar-refractivity contribution in [3.63, 3.8) is 0 Å². The average molecular weight is 435 g/mol. The van der Waals surface area contributed by atoms with Gasteiger partial charge in [0.15, 0.2) is 21.6 Å². The van der Waals surface area contributed by atoms with Crippen molar-refractivity contribution in [2.75, 3.05) is 23.0 Å². The van der Waals surface area contributed by atoms with Crippen LogP contribution in [0.2, 0.25) is 0 Å². The number of benzene rings is 2. The molecule has 0 aromatic heterocycles. The largest absolute Gasteiger partial charge is 0.484 e. The second kappa shape index (κ2) is 7.79. The van der Waals surface area contributed by atoms with E-state index in [1.807, 2.05) is 6.07 Å². The lowest BCUT2D eigenvalue weighted by molar-refractivity contribution is -0.119. The summed E-state index contributed by atoms with van der Waals surface area (Å²) >= 11 is 1.24. The normalized spacial score (nSPS) is 23.9. The van der Waals surface area contributed by atoms with Crippen LogP contribution in [-0.2, 0) is 14.6 Å². The molecule has 2 atom stereocenters. The molecule has 0 spiro atoms. The monoisotopic (exact) mass is 434 g/mol. The molecular weight excluding hydrogens is 415 g/mol. The molecule has 2 aromatic rings. The van der Waals surface area contributed by atoms with E-state index >= 15 is 0 Å². The van der Waals surface area contributed by atoms with Crippen LogP contribution in [0, 0.1) is 12.7 Å².